The van der Waals surface area contributed by atoms with Crippen molar-refractivity contribution in [3.05, 3.63) is 29.6 Å². The Morgan fingerprint density at radius 2 is 2.17 bits per heavy atom. The number of hydrogen-bond acceptors (Lipinski definition) is 3. The summed E-state index contributed by atoms with van der Waals surface area (Å²) < 4.78 is 50.4. The molecule has 134 valence electrons. The van der Waals surface area contributed by atoms with Crippen molar-refractivity contribution < 1.29 is 27.4 Å². The highest BCUT2D eigenvalue weighted by Gasteiger charge is 2.42. The first-order valence-electron chi connectivity index (χ1n) is 7.58. The molecule has 1 fully saturated rings. The Balaban J connectivity index is 2.10. The molecule has 2 atom stereocenters. The zero-order valence-electron chi connectivity index (χ0n) is 13.8. The van der Waals surface area contributed by atoms with Gasteiger partial charge in [-0.25, -0.2) is 18.0 Å². The van der Waals surface area contributed by atoms with Crippen molar-refractivity contribution in [3.8, 4) is 5.75 Å². The van der Waals surface area contributed by atoms with E-state index in [1.807, 2.05) is 0 Å². The Labute approximate surface area is 138 Å². The van der Waals surface area contributed by atoms with E-state index in [9.17, 15) is 18.0 Å². The normalized spacial score (nSPS) is 22.4. The monoisotopic (exact) mass is 346 g/mol. The van der Waals surface area contributed by atoms with Gasteiger partial charge in [0.2, 0.25) is 0 Å². The van der Waals surface area contributed by atoms with Crippen molar-refractivity contribution in [3.63, 3.8) is 0 Å². The molecule has 1 aromatic rings. The van der Waals surface area contributed by atoms with Gasteiger partial charge in [-0.3, -0.25) is 0 Å². The van der Waals surface area contributed by atoms with Gasteiger partial charge < -0.3 is 19.7 Å². The van der Waals surface area contributed by atoms with Crippen molar-refractivity contribution >= 4 is 6.03 Å². The van der Waals surface area contributed by atoms with Gasteiger partial charge in [-0.1, -0.05) is 6.07 Å². The topological polar surface area (TPSA) is 50.8 Å². The largest absolute Gasteiger partial charge is 0.496 e. The summed E-state index contributed by atoms with van der Waals surface area (Å²) in [5, 5.41) is 2.62. The summed E-state index contributed by atoms with van der Waals surface area (Å²) in [4.78, 5) is 13.6. The van der Waals surface area contributed by atoms with Crippen molar-refractivity contribution in [2.45, 2.75) is 31.9 Å². The van der Waals surface area contributed by atoms with Crippen molar-refractivity contribution in [1.29, 1.82) is 0 Å². The molecular formula is C16H21F3N2O3. The van der Waals surface area contributed by atoms with Crippen LogP contribution in [-0.4, -0.2) is 49.8 Å². The van der Waals surface area contributed by atoms with Crippen LogP contribution in [0.2, 0.25) is 0 Å². The SMILES string of the molecule is COc1cccc(F)c1C(C)NC(=O)N1CCOC(C)(C(F)F)C1. The van der Waals surface area contributed by atoms with Crippen LogP contribution < -0.4 is 10.1 Å². The number of carbonyl (C=O) groups excluding carboxylic acids is 1. The fraction of sp³-hybridized carbons (Fsp3) is 0.562. The zero-order valence-corrected chi connectivity index (χ0v) is 13.8. The fourth-order valence-electron chi connectivity index (χ4n) is 2.66. The molecule has 0 aliphatic carbocycles. The highest BCUT2D eigenvalue weighted by molar-refractivity contribution is 5.75. The molecule has 0 saturated carbocycles. The zero-order chi connectivity index (χ0) is 17.9. The molecule has 1 saturated heterocycles. The molecule has 1 aromatic carbocycles. The summed E-state index contributed by atoms with van der Waals surface area (Å²) in [5.74, 6) is -0.205. The Kier molecular flexibility index (Phi) is 5.58. The number of morpholine rings is 1. The standard InChI is InChI=1S/C16H21F3N2O3/c1-10(13-11(17)5-4-6-12(13)23-3)20-15(22)21-7-8-24-16(2,9-21)14(18)19/h4-6,10,14H,7-9H2,1-3H3,(H,20,22). The minimum absolute atomic E-state index is 0.0195. The van der Waals surface area contributed by atoms with Crippen molar-refractivity contribution in [2.24, 2.45) is 0 Å². The van der Waals surface area contributed by atoms with Crippen LogP contribution in [0.1, 0.15) is 25.5 Å². The van der Waals surface area contributed by atoms with E-state index < -0.39 is 29.9 Å². The summed E-state index contributed by atoms with van der Waals surface area (Å²) in [6.45, 7) is 2.84. The van der Waals surface area contributed by atoms with Crippen LogP contribution >= 0.6 is 0 Å². The van der Waals surface area contributed by atoms with Crippen molar-refractivity contribution in [1.82, 2.24) is 10.2 Å². The van der Waals surface area contributed by atoms with Crippen LogP contribution in [0.3, 0.4) is 0 Å². The molecule has 0 aromatic heterocycles. The van der Waals surface area contributed by atoms with Crippen LogP contribution in [0.25, 0.3) is 0 Å². The molecule has 1 aliphatic heterocycles. The number of amides is 2. The Bertz CT molecular complexity index is 600. The third-order valence-corrected chi connectivity index (χ3v) is 4.05. The minimum Gasteiger partial charge on any atom is -0.496 e. The minimum atomic E-state index is -2.71. The molecule has 8 heteroatoms. The summed E-state index contributed by atoms with van der Waals surface area (Å²) in [5.41, 5.74) is -1.49. The second-order valence-corrected chi connectivity index (χ2v) is 5.91. The second-order valence-electron chi connectivity index (χ2n) is 5.91. The van der Waals surface area contributed by atoms with E-state index in [0.717, 1.165) is 0 Å². The maximum absolute atomic E-state index is 14.0. The Hall–Kier alpha value is -1.96. The molecule has 0 bridgehead atoms. The van der Waals surface area contributed by atoms with Gasteiger partial charge in [0.15, 0.2) is 0 Å². The first-order chi connectivity index (χ1) is 11.3. The number of halogens is 3. The van der Waals surface area contributed by atoms with E-state index >= 15 is 0 Å². The van der Waals surface area contributed by atoms with E-state index in [2.05, 4.69) is 5.32 Å². The quantitative estimate of drug-likeness (QED) is 0.912. The molecular weight excluding hydrogens is 325 g/mol. The molecule has 1 aliphatic rings. The Morgan fingerprint density at radius 1 is 1.46 bits per heavy atom. The average molecular weight is 346 g/mol. The van der Waals surface area contributed by atoms with Gasteiger partial charge in [-0.2, -0.15) is 0 Å². The summed E-state index contributed by atoms with van der Waals surface area (Å²) in [6.07, 6.45) is -2.71. The molecule has 2 rings (SSSR count). The molecule has 2 amide bonds. The number of hydrogen-bond donors (Lipinski definition) is 1. The maximum Gasteiger partial charge on any atom is 0.318 e. The number of ether oxygens (including phenoxy) is 2. The molecule has 2 unspecified atom stereocenters. The lowest BCUT2D eigenvalue weighted by molar-refractivity contribution is -0.161. The molecule has 1 heterocycles. The highest BCUT2D eigenvalue weighted by atomic mass is 19.3. The summed E-state index contributed by atoms with van der Waals surface area (Å²) in [6, 6.07) is 3.12. The number of nitrogens with zero attached hydrogens (tertiary/aromatic N) is 1. The highest BCUT2D eigenvalue weighted by Crippen LogP contribution is 2.29. The molecule has 0 radical (unpaired) electrons. The average Bonchev–Trinajstić information content (AvgIpc) is 2.54. The number of methoxy groups -OCH3 is 1. The third kappa shape index (κ3) is 3.75. The van der Waals surface area contributed by atoms with Crippen LogP contribution in [0.4, 0.5) is 18.0 Å². The first-order valence-corrected chi connectivity index (χ1v) is 7.58. The lowest BCUT2D eigenvalue weighted by Gasteiger charge is -2.40. The number of carbonyl (C=O) groups is 1. The number of nitrogens with one attached hydrogen (secondary N) is 1. The molecule has 5 nitrogen and oxygen atoms in total. The number of urea groups is 1. The smallest absolute Gasteiger partial charge is 0.318 e. The number of rotatable bonds is 4. The fourth-order valence-corrected chi connectivity index (χ4v) is 2.66. The molecule has 24 heavy (non-hydrogen) atoms. The van der Waals surface area contributed by atoms with E-state index in [1.54, 1.807) is 13.0 Å². The maximum atomic E-state index is 14.0. The van der Waals surface area contributed by atoms with Crippen LogP contribution in [0.5, 0.6) is 5.75 Å². The van der Waals surface area contributed by atoms with E-state index in [0.29, 0.717) is 5.75 Å². The van der Waals surface area contributed by atoms with Crippen molar-refractivity contribution in [2.75, 3.05) is 26.8 Å². The lowest BCUT2D eigenvalue weighted by Crippen LogP contribution is -2.57. The van der Waals surface area contributed by atoms with Gasteiger partial charge >= 0.3 is 6.03 Å². The number of alkyl halides is 2. The first kappa shape index (κ1) is 18.4. The van der Waals surface area contributed by atoms with Gasteiger partial charge in [0.05, 0.1) is 31.9 Å². The van der Waals surface area contributed by atoms with E-state index in [1.165, 1.54) is 31.1 Å². The van der Waals surface area contributed by atoms with Gasteiger partial charge in [-0.05, 0) is 26.0 Å². The summed E-state index contributed by atoms with van der Waals surface area (Å²) >= 11 is 0. The predicted octanol–water partition coefficient (Wildman–Crippen LogP) is 2.96. The lowest BCUT2D eigenvalue weighted by atomic mass is 10.0. The van der Waals surface area contributed by atoms with E-state index in [-0.39, 0.29) is 25.3 Å². The molecule has 0 spiro atoms. The van der Waals surface area contributed by atoms with Crippen LogP contribution in [0.15, 0.2) is 18.2 Å². The van der Waals surface area contributed by atoms with Gasteiger partial charge in [-0.15, -0.1) is 0 Å². The second kappa shape index (κ2) is 7.29. The third-order valence-electron chi connectivity index (χ3n) is 4.05. The predicted molar refractivity (Wildman–Crippen MR) is 81.8 cm³/mol. The van der Waals surface area contributed by atoms with Gasteiger partial charge in [0.1, 0.15) is 17.2 Å². The van der Waals surface area contributed by atoms with Gasteiger partial charge in [0, 0.05) is 6.54 Å². The number of benzene rings is 1. The Morgan fingerprint density at radius 3 is 2.79 bits per heavy atom. The van der Waals surface area contributed by atoms with Crippen LogP contribution in [0, 0.1) is 5.82 Å². The van der Waals surface area contributed by atoms with Gasteiger partial charge in [0.25, 0.3) is 6.43 Å². The summed E-state index contributed by atoms with van der Waals surface area (Å²) in [7, 11) is 1.41. The van der Waals surface area contributed by atoms with E-state index in [4.69, 9.17) is 9.47 Å². The van der Waals surface area contributed by atoms with Crippen LogP contribution in [-0.2, 0) is 4.74 Å². The molecule has 1 N–H and O–H groups in total.